The van der Waals surface area contributed by atoms with Crippen LogP contribution in [0.15, 0.2) is 47.0 Å². The molecule has 6 nitrogen and oxygen atoms in total. The van der Waals surface area contributed by atoms with E-state index in [2.05, 4.69) is 10.5 Å². The lowest BCUT2D eigenvalue weighted by atomic mass is 10.1. The van der Waals surface area contributed by atoms with E-state index in [1.165, 1.54) is 0 Å². The summed E-state index contributed by atoms with van der Waals surface area (Å²) < 4.78 is 15.8. The Labute approximate surface area is 155 Å². The summed E-state index contributed by atoms with van der Waals surface area (Å²) in [6.07, 6.45) is 0. The molecule has 1 heterocycles. The summed E-state index contributed by atoms with van der Waals surface area (Å²) in [5.41, 5.74) is 2.39. The highest BCUT2D eigenvalue weighted by atomic mass is 35.5. The van der Waals surface area contributed by atoms with Gasteiger partial charge >= 0.3 is 0 Å². The van der Waals surface area contributed by atoms with E-state index in [0.29, 0.717) is 33.5 Å². The molecule has 0 atom stereocenters. The second-order valence-corrected chi connectivity index (χ2v) is 5.97. The highest BCUT2D eigenvalue weighted by molar-refractivity contribution is 6.31. The fraction of sp³-hybridized carbons (Fsp3) is 0.158. The molecule has 0 spiro atoms. The van der Waals surface area contributed by atoms with Crippen molar-refractivity contribution in [1.82, 2.24) is 5.16 Å². The van der Waals surface area contributed by atoms with Crippen molar-refractivity contribution in [3.63, 3.8) is 0 Å². The van der Waals surface area contributed by atoms with Crippen LogP contribution in [0.2, 0.25) is 5.02 Å². The molecule has 1 N–H and O–H groups in total. The SMILES string of the molecule is COc1ccc(-c2cc(C(=O)Nc3ccc(C)c(Cl)c3)no2)cc1OC. The minimum Gasteiger partial charge on any atom is -0.493 e. The lowest BCUT2D eigenvalue weighted by Crippen LogP contribution is -2.12. The van der Waals surface area contributed by atoms with E-state index < -0.39 is 0 Å². The Balaban J connectivity index is 1.80. The lowest BCUT2D eigenvalue weighted by Gasteiger charge is -2.07. The Kier molecular flexibility index (Phi) is 5.14. The van der Waals surface area contributed by atoms with Gasteiger partial charge in [-0.3, -0.25) is 4.79 Å². The predicted molar refractivity (Wildman–Crippen MR) is 99.2 cm³/mol. The molecule has 0 aliphatic heterocycles. The molecule has 0 saturated carbocycles. The molecule has 7 heteroatoms. The van der Waals surface area contributed by atoms with Crippen LogP contribution in [0.25, 0.3) is 11.3 Å². The van der Waals surface area contributed by atoms with Gasteiger partial charge in [0.2, 0.25) is 0 Å². The number of halogens is 1. The van der Waals surface area contributed by atoms with Gasteiger partial charge in [-0.25, -0.2) is 0 Å². The van der Waals surface area contributed by atoms with E-state index in [-0.39, 0.29) is 11.6 Å². The highest BCUT2D eigenvalue weighted by Crippen LogP contribution is 2.32. The molecule has 26 heavy (non-hydrogen) atoms. The summed E-state index contributed by atoms with van der Waals surface area (Å²) >= 11 is 6.07. The normalized spacial score (nSPS) is 10.5. The number of benzene rings is 2. The molecule has 0 saturated heterocycles. The number of hydrogen-bond acceptors (Lipinski definition) is 5. The fourth-order valence-corrected chi connectivity index (χ4v) is 2.55. The molecule has 0 radical (unpaired) electrons. The third-order valence-electron chi connectivity index (χ3n) is 3.84. The van der Waals surface area contributed by atoms with Crippen LogP contribution in [0.4, 0.5) is 5.69 Å². The molecule has 1 aromatic heterocycles. The number of nitrogens with one attached hydrogen (secondary N) is 1. The molecular formula is C19H17ClN2O4. The van der Waals surface area contributed by atoms with Crippen molar-refractivity contribution in [1.29, 1.82) is 0 Å². The maximum Gasteiger partial charge on any atom is 0.277 e. The summed E-state index contributed by atoms with van der Waals surface area (Å²) in [7, 11) is 3.11. The minimum absolute atomic E-state index is 0.159. The number of hydrogen-bond donors (Lipinski definition) is 1. The number of methoxy groups -OCH3 is 2. The zero-order valence-electron chi connectivity index (χ0n) is 14.5. The molecule has 0 unspecified atom stereocenters. The maximum atomic E-state index is 12.4. The molecule has 0 aliphatic carbocycles. The van der Waals surface area contributed by atoms with Gasteiger partial charge in [-0.2, -0.15) is 0 Å². The highest BCUT2D eigenvalue weighted by Gasteiger charge is 2.16. The third-order valence-corrected chi connectivity index (χ3v) is 4.25. The Bertz CT molecular complexity index is 952. The van der Waals surface area contributed by atoms with Crippen LogP contribution in [0, 0.1) is 6.92 Å². The summed E-state index contributed by atoms with van der Waals surface area (Å²) in [6, 6.07) is 12.1. The number of rotatable bonds is 5. The molecule has 134 valence electrons. The van der Waals surface area contributed by atoms with Gasteiger partial charge in [0, 0.05) is 22.3 Å². The number of aryl methyl sites for hydroxylation is 1. The number of ether oxygens (including phenoxy) is 2. The first kappa shape index (κ1) is 17.8. The maximum absolute atomic E-state index is 12.4. The standard InChI is InChI=1S/C19H17ClN2O4/c1-11-4-6-13(9-14(11)20)21-19(23)15-10-17(26-22-15)12-5-7-16(24-2)18(8-12)25-3/h4-10H,1-3H3,(H,21,23). The number of amides is 1. The predicted octanol–water partition coefficient (Wildman–Crippen LogP) is 4.57. The van der Waals surface area contributed by atoms with Crippen molar-refractivity contribution in [3.8, 4) is 22.8 Å². The molecule has 0 aliphatic rings. The average molecular weight is 373 g/mol. The first-order valence-electron chi connectivity index (χ1n) is 7.78. The molecule has 1 amide bonds. The first-order chi connectivity index (χ1) is 12.5. The Morgan fingerprint density at radius 3 is 2.54 bits per heavy atom. The number of nitrogens with zero attached hydrogens (tertiary/aromatic N) is 1. The van der Waals surface area contributed by atoms with Crippen molar-refractivity contribution >= 4 is 23.2 Å². The molecule has 3 rings (SSSR count). The van der Waals surface area contributed by atoms with Crippen LogP contribution >= 0.6 is 11.6 Å². The van der Waals surface area contributed by atoms with Crippen molar-refractivity contribution in [2.24, 2.45) is 0 Å². The van der Waals surface area contributed by atoms with E-state index in [0.717, 1.165) is 5.56 Å². The first-order valence-corrected chi connectivity index (χ1v) is 8.16. The smallest absolute Gasteiger partial charge is 0.277 e. The summed E-state index contributed by atoms with van der Waals surface area (Å²) in [6.45, 7) is 1.89. The second-order valence-electron chi connectivity index (χ2n) is 5.56. The molecular weight excluding hydrogens is 356 g/mol. The van der Waals surface area contributed by atoms with Gasteiger partial charge in [-0.1, -0.05) is 22.8 Å². The van der Waals surface area contributed by atoms with Gasteiger partial charge < -0.3 is 19.3 Å². The molecule has 0 fully saturated rings. The monoisotopic (exact) mass is 372 g/mol. The minimum atomic E-state index is -0.389. The fourth-order valence-electron chi connectivity index (χ4n) is 2.37. The van der Waals surface area contributed by atoms with Crippen molar-refractivity contribution in [3.05, 3.63) is 58.7 Å². The molecule has 2 aromatic carbocycles. The van der Waals surface area contributed by atoms with E-state index >= 15 is 0 Å². The quantitative estimate of drug-likeness (QED) is 0.710. The van der Waals surface area contributed by atoms with Gasteiger partial charge in [0.05, 0.1) is 14.2 Å². The number of carbonyl (C=O) groups excluding carboxylic acids is 1. The topological polar surface area (TPSA) is 73.6 Å². The average Bonchev–Trinajstić information content (AvgIpc) is 3.14. The van der Waals surface area contributed by atoms with Crippen molar-refractivity contribution in [2.75, 3.05) is 19.5 Å². The largest absolute Gasteiger partial charge is 0.493 e. The van der Waals surface area contributed by atoms with E-state index in [1.807, 2.05) is 13.0 Å². The summed E-state index contributed by atoms with van der Waals surface area (Å²) in [5, 5.41) is 7.15. The van der Waals surface area contributed by atoms with Gasteiger partial charge in [-0.05, 0) is 42.8 Å². The van der Waals surface area contributed by atoms with Gasteiger partial charge in [-0.15, -0.1) is 0 Å². The summed E-state index contributed by atoms with van der Waals surface area (Å²) in [4.78, 5) is 12.4. The zero-order valence-corrected chi connectivity index (χ0v) is 15.3. The van der Waals surface area contributed by atoms with E-state index in [1.54, 1.807) is 50.6 Å². The zero-order chi connectivity index (χ0) is 18.7. The Morgan fingerprint density at radius 1 is 1.08 bits per heavy atom. The Morgan fingerprint density at radius 2 is 1.85 bits per heavy atom. The number of carbonyl (C=O) groups is 1. The summed E-state index contributed by atoms with van der Waals surface area (Å²) in [5.74, 6) is 1.21. The van der Waals surface area contributed by atoms with E-state index in [4.69, 9.17) is 25.6 Å². The van der Waals surface area contributed by atoms with Gasteiger partial charge in [0.15, 0.2) is 23.0 Å². The van der Waals surface area contributed by atoms with Gasteiger partial charge in [0.1, 0.15) is 0 Å². The lowest BCUT2D eigenvalue weighted by molar-refractivity contribution is 0.101. The third kappa shape index (κ3) is 3.65. The van der Waals surface area contributed by atoms with Crippen LogP contribution in [0.3, 0.4) is 0 Å². The van der Waals surface area contributed by atoms with E-state index in [9.17, 15) is 4.79 Å². The number of aromatic nitrogens is 1. The second kappa shape index (κ2) is 7.49. The number of anilines is 1. The molecule has 0 bridgehead atoms. The Hall–Kier alpha value is -2.99. The molecule has 3 aromatic rings. The van der Waals surface area contributed by atoms with Crippen LogP contribution in [0.1, 0.15) is 16.1 Å². The van der Waals surface area contributed by atoms with Crippen LogP contribution < -0.4 is 14.8 Å². The van der Waals surface area contributed by atoms with Crippen LogP contribution in [0.5, 0.6) is 11.5 Å². The van der Waals surface area contributed by atoms with Crippen molar-refractivity contribution in [2.45, 2.75) is 6.92 Å². The van der Waals surface area contributed by atoms with Gasteiger partial charge in [0.25, 0.3) is 5.91 Å². The van der Waals surface area contributed by atoms with Crippen LogP contribution in [-0.4, -0.2) is 25.3 Å². The van der Waals surface area contributed by atoms with Crippen molar-refractivity contribution < 1.29 is 18.8 Å². The van der Waals surface area contributed by atoms with Crippen LogP contribution in [-0.2, 0) is 0 Å².